The van der Waals surface area contributed by atoms with Crippen molar-refractivity contribution in [2.24, 2.45) is 0 Å². The van der Waals surface area contributed by atoms with Gasteiger partial charge in [-0.1, -0.05) is 0 Å². The van der Waals surface area contributed by atoms with Crippen molar-refractivity contribution in [3.63, 3.8) is 0 Å². The Hall–Kier alpha value is -2.44. The van der Waals surface area contributed by atoms with E-state index in [1.807, 2.05) is 0 Å². The number of aromatic nitrogens is 2. The Morgan fingerprint density at radius 1 is 1.47 bits per heavy atom. The number of nitro groups is 1. The molecule has 6 nitrogen and oxygen atoms in total. The Kier molecular flexibility index (Phi) is 2.99. The van der Waals surface area contributed by atoms with Crippen LogP contribution >= 0.6 is 0 Å². The van der Waals surface area contributed by atoms with Gasteiger partial charge in [0.2, 0.25) is 0 Å². The van der Waals surface area contributed by atoms with Gasteiger partial charge in [0.25, 0.3) is 5.69 Å². The van der Waals surface area contributed by atoms with Crippen molar-refractivity contribution in [2.75, 3.05) is 5.32 Å². The van der Waals surface area contributed by atoms with E-state index in [2.05, 4.69) is 15.3 Å². The summed E-state index contributed by atoms with van der Waals surface area (Å²) >= 11 is 0. The van der Waals surface area contributed by atoms with E-state index in [0.717, 1.165) is 11.8 Å². The quantitative estimate of drug-likeness (QED) is 0.628. The minimum atomic E-state index is -0.647. The lowest BCUT2D eigenvalue weighted by Gasteiger charge is -2.04. The summed E-state index contributed by atoms with van der Waals surface area (Å²) in [4.78, 5) is 16.6. The fraction of sp³-hybridized carbons (Fsp3) is 0.100. The summed E-state index contributed by atoms with van der Waals surface area (Å²) < 4.78 is 13.1. The van der Waals surface area contributed by atoms with E-state index in [1.165, 1.54) is 18.5 Å². The van der Waals surface area contributed by atoms with E-state index >= 15 is 0 Å². The van der Waals surface area contributed by atoms with Crippen LogP contribution in [0.1, 0.15) is 5.69 Å². The second-order valence-electron chi connectivity index (χ2n) is 3.39. The Labute approximate surface area is 95.7 Å². The molecule has 7 heteroatoms. The topological polar surface area (TPSA) is 83.8 Å². The number of imidazole rings is 1. The van der Waals surface area contributed by atoms with Crippen LogP contribution in [0.5, 0.6) is 0 Å². The monoisotopic (exact) mass is 236 g/mol. The summed E-state index contributed by atoms with van der Waals surface area (Å²) in [6.07, 6.45) is 3.13. The average molecular weight is 236 g/mol. The van der Waals surface area contributed by atoms with Crippen molar-refractivity contribution in [3.05, 3.63) is 52.3 Å². The number of non-ortho nitro benzene ring substituents is 1. The molecule has 1 aromatic carbocycles. The molecule has 17 heavy (non-hydrogen) atoms. The minimum absolute atomic E-state index is 0.280. The number of benzene rings is 1. The van der Waals surface area contributed by atoms with E-state index in [-0.39, 0.29) is 5.69 Å². The van der Waals surface area contributed by atoms with Crippen LogP contribution in [0.25, 0.3) is 0 Å². The lowest BCUT2D eigenvalue weighted by molar-refractivity contribution is -0.385. The Balaban J connectivity index is 2.13. The van der Waals surface area contributed by atoms with E-state index in [0.29, 0.717) is 12.2 Å². The van der Waals surface area contributed by atoms with E-state index in [4.69, 9.17) is 0 Å². The van der Waals surface area contributed by atoms with Gasteiger partial charge in [0.1, 0.15) is 5.82 Å². The van der Waals surface area contributed by atoms with Gasteiger partial charge in [0.15, 0.2) is 0 Å². The molecule has 1 heterocycles. The zero-order chi connectivity index (χ0) is 12.3. The van der Waals surface area contributed by atoms with Gasteiger partial charge in [0.05, 0.1) is 29.6 Å². The number of nitrogens with zero attached hydrogens (tertiary/aromatic N) is 2. The number of rotatable bonds is 4. The molecule has 0 bridgehead atoms. The van der Waals surface area contributed by atoms with Gasteiger partial charge in [-0.3, -0.25) is 10.1 Å². The molecular weight excluding hydrogens is 227 g/mol. The van der Waals surface area contributed by atoms with Crippen LogP contribution in [-0.4, -0.2) is 14.9 Å². The molecule has 2 aromatic rings. The molecule has 0 atom stereocenters. The number of hydrogen-bond acceptors (Lipinski definition) is 4. The lowest BCUT2D eigenvalue weighted by atomic mass is 10.2. The zero-order valence-corrected chi connectivity index (χ0v) is 8.68. The fourth-order valence-electron chi connectivity index (χ4n) is 1.36. The first-order valence-corrected chi connectivity index (χ1v) is 4.81. The smallest absolute Gasteiger partial charge is 0.274 e. The highest BCUT2D eigenvalue weighted by Gasteiger charge is 2.09. The normalized spacial score (nSPS) is 10.2. The van der Waals surface area contributed by atoms with Gasteiger partial charge in [-0.15, -0.1) is 0 Å². The first-order valence-electron chi connectivity index (χ1n) is 4.81. The summed E-state index contributed by atoms with van der Waals surface area (Å²) in [5.74, 6) is -0.647. The largest absolute Gasteiger partial charge is 0.379 e. The molecule has 0 aliphatic heterocycles. The standard InChI is InChI=1S/C10H9FN4O2/c11-7-1-8(3-10(2-7)15(16)17)13-5-9-4-12-6-14-9/h1-4,6,13H,5H2,(H,12,14). The summed E-state index contributed by atoms with van der Waals surface area (Å²) in [7, 11) is 0. The molecule has 0 spiro atoms. The minimum Gasteiger partial charge on any atom is -0.379 e. The number of H-pyrrole nitrogens is 1. The molecule has 88 valence electrons. The Morgan fingerprint density at radius 3 is 2.94 bits per heavy atom. The van der Waals surface area contributed by atoms with Crippen LogP contribution in [0.2, 0.25) is 0 Å². The molecule has 0 saturated carbocycles. The third-order valence-electron chi connectivity index (χ3n) is 2.13. The van der Waals surface area contributed by atoms with Gasteiger partial charge >= 0.3 is 0 Å². The molecule has 0 unspecified atom stereocenters. The molecule has 0 aliphatic carbocycles. The maximum atomic E-state index is 13.1. The first kappa shape index (κ1) is 11.1. The van der Waals surface area contributed by atoms with Crippen molar-refractivity contribution in [1.29, 1.82) is 0 Å². The second-order valence-corrected chi connectivity index (χ2v) is 3.39. The molecule has 0 saturated heterocycles. The predicted octanol–water partition coefficient (Wildman–Crippen LogP) is 2.07. The van der Waals surface area contributed by atoms with Gasteiger partial charge in [-0.2, -0.15) is 0 Å². The molecule has 2 N–H and O–H groups in total. The van der Waals surface area contributed by atoms with E-state index in [1.54, 1.807) is 6.20 Å². The lowest BCUT2D eigenvalue weighted by Crippen LogP contribution is -2.01. The third-order valence-corrected chi connectivity index (χ3v) is 2.13. The maximum Gasteiger partial charge on any atom is 0.274 e. The van der Waals surface area contributed by atoms with Crippen molar-refractivity contribution in [1.82, 2.24) is 9.97 Å². The second kappa shape index (κ2) is 4.60. The van der Waals surface area contributed by atoms with Gasteiger partial charge in [-0.05, 0) is 6.07 Å². The molecule has 0 amide bonds. The third kappa shape index (κ3) is 2.77. The van der Waals surface area contributed by atoms with Crippen LogP contribution in [0.15, 0.2) is 30.7 Å². The molecule has 0 fully saturated rings. The molecule has 1 aromatic heterocycles. The Morgan fingerprint density at radius 2 is 2.29 bits per heavy atom. The number of anilines is 1. The van der Waals surface area contributed by atoms with Crippen LogP contribution < -0.4 is 5.32 Å². The summed E-state index contributed by atoms with van der Waals surface area (Å²) in [5, 5.41) is 13.4. The summed E-state index contributed by atoms with van der Waals surface area (Å²) in [6, 6.07) is 3.35. The molecule has 0 aliphatic rings. The van der Waals surface area contributed by atoms with Crippen LogP contribution in [-0.2, 0) is 6.54 Å². The maximum absolute atomic E-state index is 13.1. The number of halogens is 1. The summed E-state index contributed by atoms with van der Waals surface area (Å²) in [5.41, 5.74) is 0.875. The highest BCUT2D eigenvalue weighted by atomic mass is 19.1. The molecular formula is C10H9FN4O2. The average Bonchev–Trinajstić information content (AvgIpc) is 2.78. The SMILES string of the molecule is O=[N+]([O-])c1cc(F)cc(NCc2cnc[nH]2)c1. The number of nitrogens with one attached hydrogen (secondary N) is 2. The van der Waals surface area contributed by atoms with E-state index < -0.39 is 10.7 Å². The van der Waals surface area contributed by atoms with Gasteiger partial charge < -0.3 is 10.3 Å². The van der Waals surface area contributed by atoms with Crippen molar-refractivity contribution in [3.8, 4) is 0 Å². The van der Waals surface area contributed by atoms with Crippen LogP contribution in [0.3, 0.4) is 0 Å². The fourth-order valence-corrected chi connectivity index (χ4v) is 1.36. The predicted molar refractivity (Wildman–Crippen MR) is 59.0 cm³/mol. The highest BCUT2D eigenvalue weighted by molar-refractivity contribution is 5.51. The number of nitro benzene ring substituents is 1. The van der Waals surface area contributed by atoms with Crippen molar-refractivity contribution >= 4 is 11.4 Å². The van der Waals surface area contributed by atoms with Crippen LogP contribution in [0, 0.1) is 15.9 Å². The van der Waals surface area contributed by atoms with Crippen LogP contribution in [0.4, 0.5) is 15.8 Å². The Bertz CT molecular complexity index is 527. The zero-order valence-electron chi connectivity index (χ0n) is 8.68. The summed E-state index contributed by atoms with van der Waals surface area (Å²) in [6.45, 7) is 0.389. The van der Waals surface area contributed by atoms with Crippen molar-refractivity contribution < 1.29 is 9.31 Å². The number of aromatic amines is 1. The van der Waals surface area contributed by atoms with Crippen molar-refractivity contribution in [2.45, 2.75) is 6.54 Å². The highest BCUT2D eigenvalue weighted by Crippen LogP contribution is 2.20. The molecule has 0 radical (unpaired) electrons. The van der Waals surface area contributed by atoms with Gasteiger partial charge in [0, 0.05) is 18.0 Å². The van der Waals surface area contributed by atoms with Gasteiger partial charge in [-0.25, -0.2) is 9.37 Å². The first-order chi connectivity index (χ1) is 8.15. The molecule has 2 rings (SSSR count). The van der Waals surface area contributed by atoms with E-state index in [9.17, 15) is 14.5 Å². The number of hydrogen-bond donors (Lipinski definition) is 2.